The van der Waals surface area contributed by atoms with Crippen molar-refractivity contribution in [3.8, 4) is 0 Å². The van der Waals surface area contributed by atoms with Crippen LogP contribution in [-0.2, 0) is 13.1 Å². The van der Waals surface area contributed by atoms with Crippen LogP contribution in [0.3, 0.4) is 0 Å². The topological polar surface area (TPSA) is 28.4 Å². The van der Waals surface area contributed by atoms with Gasteiger partial charge in [-0.25, -0.2) is 0 Å². The van der Waals surface area contributed by atoms with Gasteiger partial charge in [-0.1, -0.05) is 18.2 Å². The van der Waals surface area contributed by atoms with Crippen LogP contribution < -0.4 is 5.32 Å². The molecular weight excluding hydrogens is 248 g/mol. The standard InChI is InChI=1S/C17H24N2O/c1-12(13-8-9-13)19(3)11-15-14-6-4-5-7-16(14)20-17(15)10-18-2/h4-7,12-13,18H,8-11H2,1-3H3. The lowest BCUT2D eigenvalue weighted by Gasteiger charge is -2.24. The number of furan rings is 1. The first-order valence-corrected chi connectivity index (χ1v) is 7.55. The largest absolute Gasteiger partial charge is 0.459 e. The van der Waals surface area contributed by atoms with Crippen molar-refractivity contribution >= 4 is 11.0 Å². The number of hydrogen-bond donors (Lipinski definition) is 1. The molecule has 20 heavy (non-hydrogen) atoms. The minimum absolute atomic E-state index is 0.658. The Hall–Kier alpha value is -1.32. The molecule has 2 aromatic rings. The Morgan fingerprint density at radius 1 is 1.35 bits per heavy atom. The van der Waals surface area contributed by atoms with Gasteiger partial charge < -0.3 is 9.73 Å². The SMILES string of the molecule is CNCc1oc2ccccc2c1CN(C)C(C)C1CC1. The molecule has 3 nitrogen and oxygen atoms in total. The summed E-state index contributed by atoms with van der Waals surface area (Å²) < 4.78 is 6.01. The second kappa shape index (κ2) is 5.58. The molecule has 1 fully saturated rings. The highest BCUT2D eigenvalue weighted by Crippen LogP contribution is 2.36. The summed E-state index contributed by atoms with van der Waals surface area (Å²) in [6.07, 6.45) is 2.78. The van der Waals surface area contributed by atoms with E-state index in [2.05, 4.69) is 42.4 Å². The summed E-state index contributed by atoms with van der Waals surface area (Å²) in [5.74, 6) is 1.97. The van der Waals surface area contributed by atoms with Gasteiger partial charge in [0.2, 0.25) is 0 Å². The van der Waals surface area contributed by atoms with Gasteiger partial charge in [-0.3, -0.25) is 4.90 Å². The van der Waals surface area contributed by atoms with E-state index in [1.807, 2.05) is 13.1 Å². The lowest BCUT2D eigenvalue weighted by Crippen LogP contribution is -2.30. The lowest BCUT2D eigenvalue weighted by molar-refractivity contribution is 0.225. The zero-order valence-corrected chi connectivity index (χ0v) is 12.6. The number of hydrogen-bond acceptors (Lipinski definition) is 3. The maximum atomic E-state index is 6.01. The lowest BCUT2D eigenvalue weighted by atomic mass is 10.1. The average molecular weight is 272 g/mol. The zero-order valence-electron chi connectivity index (χ0n) is 12.6. The van der Waals surface area contributed by atoms with Crippen molar-refractivity contribution < 1.29 is 4.42 Å². The van der Waals surface area contributed by atoms with Crippen LogP contribution in [-0.4, -0.2) is 25.0 Å². The minimum atomic E-state index is 0.658. The summed E-state index contributed by atoms with van der Waals surface area (Å²) >= 11 is 0. The van der Waals surface area contributed by atoms with Crippen molar-refractivity contribution in [1.82, 2.24) is 10.2 Å². The molecule has 3 rings (SSSR count). The summed E-state index contributed by atoms with van der Waals surface area (Å²) in [6.45, 7) is 4.10. The highest BCUT2D eigenvalue weighted by atomic mass is 16.3. The molecule has 1 aromatic heterocycles. The summed E-state index contributed by atoms with van der Waals surface area (Å²) in [5.41, 5.74) is 2.34. The van der Waals surface area contributed by atoms with E-state index in [9.17, 15) is 0 Å². The van der Waals surface area contributed by atoms with Crippen molar-refractivity contribution in [3.63, 3.8) is 0 Å². The summed E-state index contributed by atoms with van der Waals surface area (Å²) in [4.78, 5) is 2.47. The van der Waals surface area contributed by atoms with E-state index in [0.717, 1.165) is 30.4 Å². The van der Waals surface area contributed by atoms with Crippen LogP contribution in [0.25, 0.3) is 11.0 Å². The maximum absolute atomic E-state index is 6.01. The Kier molecular flexibility index (Phi) is 3.81. The number of fused-ring (bicyclic) bond motifs is 1. The van der Waals surface area contributed by atoms with Crippen LogP contribution in [0.1, 0.15) is 31.1 Å². The molecule has 108 valence electrons. The monoisotopic (exact) mass is 272 g/mol. The van der Waals surface area contributed by atoms with E-state index < -0.39 is 0 Å². The second-order valence-corrected chi connectivity index (χ2v) is 6.02. The Balaban J connectivity index is 1.89. The molecule has 1 aliphatic carbocycles. The first-order valence-electron chi connectivity index (χ1n) is 7.55. The van der Waals surface area contributed by atoms with Crippen molar-refractivity contribution in [2.75, 3.05) is 14.1 Å². The molecule has 1 heterocycles. The van der Waals surface area contributed by atoms with Crippen LogP contribution in [0.2, 0.25) is 0 Å². The van der Waals surface area contributed by atoms with E-state index in [1.165, 1.54) is 23.8 Å². The highest BCUT2D eigenvalue weighted by molar-refractivity contribution is 5.82. The Labute approximate surface area is 120 Å². The molecule has 0 saturated heterocycles. The molecule has 1 aliphatic rings. The van der Waals surface area contributed by atoms with Crippen LogP contribution in [0.4, 0.5) is 0 Å². The van der Waals surface area contributed by atoms with Crippen LogP contribution >= 0.6 is 0 Å². The molecule has 1 saturated carbocycles. The molecule has 0 bridgehead atoms. The Morgan fingerprint density at radius 2 is 2.10 bits per heavy atom. The zero-order chi connectivity index (χ0) is 14.1. The van der Waals surface area contributed by atoms with Crippen LogP contribution in [0.15, 0.2) is 28.7 Å². The molecule has 1 aromatic carbocycles. The average Bonchev–Trinajstić information content (AvgIpc) is 3.24. The highest BCUT2D eigenvalue weighted by Gasteiger charge is 2.31. The second-order valence-electron chi connectivity index (χ2n) is 6.02. The first kappa shape index (κ1) is 13.7. The fourth-order valence-electron chi connectivity index (χ4n) is 2.96. The predicted octanol–water partition coefficient (Wildman–Crippen LogP) is 3.38. The van der Waals surface area contributed by atoms with Gasteiger partial charge >= 0.3 is 0 Å². The number of nitrogens with zero attached hydrogens (tertiary/aromatic N) is 1. The number of para-hydroxylation sites is 1. The third-order valence-electron chi connectivity index (χ3n) is 4.53. The molecule has 1 atom stereocenters. The van der Waals surface area contributed by atoms with Gasteiger partial charge in [-0.05, 0) is 45.8 Å². The Bertz CT molecular complexity index is 586. The normalized spacial score (nSPS) is 17.0. The van der Waals surface area contributed by atoms with Gasteiger partial charge in [0.25, 0.3) is 0 Å². The summed E-state index contributed by atoms with van der Waals surface area (Å²) in [7, 11) is 4.20. The third kappa shape index (κ3) is 2.60. The molecule has 0 amide bonds. The minimum Gasteiger partial charge on any atom is -0.459 e. The van der Waals surface area contributed by atoms with E-state index in [4.69, 9.17) is 4.42 Å². The van der Waals surface area contributed by atoms with Crippen molar-refractivity contribution in [3.05, 3.63) is 35.6 Å². The smallest absolute Gasteiger partial charge is 0.134 e. The fraction of sp³-hybridized carbons (Fsp3) is 0.529. The van der Waals surface area contributed by atoms with Crippen molar-refractivity contribution in [2.24, 2.45) is 5.92 Å². The molecule has 3 heteroatoms. The molecule has 1 unspecified atom stereocenters. The van der Waals surface area contributed by atoms with Gasteiger partial charge in [-0.15, -0.1) is 0 Å². The number of benzene rings is 1. The predicted molar refractivity (Wildman–Crippen MR) is 82.6 cm³/mol. The Morgan fingerprint density at radius 3 is 2.80 bits per heavy atom. The maximum Gasteiger partial charge on any atom is 0.134 e. The van der Waals surface area contributed by atoms with E-state index in [0.29, 0.717) is 6.04 Å². The molecule has 0 aliphatic heterocycles. The number of nitrogens with one attached hydrogen (secondary N) is 1. The van der Waals surface area contributed by atoms with Crippen LogP contribution in [0, 0.1) is 5.92 Å². The van der Waals surface area contributed by atoms with Gasteiger partial charge in [-0.2, -0.15) is 0 Å². The van der Waals surface area contributed by atoms with Gasteiger partial charge in [0.1, 0.15) is 11.3 Å². The molecule has 1 N–H and O–H groups in total. The summed E-state index contributed by atoms with van der Waals surface area (Å²) in [5, 5.41) is 4.47. The third-order valence-corrected chi connectivity index (χ3v) is 4.53. The first-order chi connectivity index (χ1) is 9.70. The molecule has 0 spiro atoms. The van der Waals surface area contributed by atoms with E-state index in [-0.39, 0.29) is 0 Å². The van der Waals surface area contributed by atoms with Gasteiger partial charge in [0.15, 0.2) is 0 Å². The fourth-order valence-corrected chi connectivity index (χ4v) is 2.96. The van der Waals surface area contributed by atoms with Crippen molar-refractivity contribution in [2.45, 2.75) is 38.9 Å². The number of rotatable bonds is 6. The van der Waals surface area contributed by atoms with E-state index >= 15 is 0 Å². The van der Waals surface area contributed by atoms with Crippen molar-refractivity contribution in [1.29, 1.82) is 0 Å². The van der Waals surface area contributed by atoms with Gasteiger partial charge in [0, 0.05) is 23.5 Å². The van der Waals surface area contributed by atoms with Crippen LogP contribution in [0.5, 0.6) is 0 Å². The molecular formula is C17H24N2O. The quantitative estimate of drug-likeness (QED) is 0.874. The summed E-state index contributed by atoms with van der Waals surface area (Å²) in [6, 6.07) is 9.01. The van der Waals surface area contributed by atoms with E-state index in [1.54, 1.807) is 0 Å². The van der Waals surface area contributed by atoms with Gasteiger partial charge in [0.05, 0.1) is 6.54 Å². The molecule has 0 radical (unpaired) electrons.